The molecule has 0 aromatic heterocycles. The first-order chi connectivity index (χ1) is 11.0. The maximum absolute atomic E-state index is 12.8. The van der Waals surface area contributed by atoms with E-state index >= 15 is 0 Å². The molecule has 1 heterocycles. The Balaban J connectivity index is 2.24. The van der Waals surface area contributed by atoms with Crippen molar-refractivity contribution >= 4 is 10.0 Å². The molecule has 0 unspecified atom stereocenters. The Morgan fingerprint density at radius 1 is 1.13 bits per heavy atom. The van der Waals surface area contributed by atoms with E-state index in [1.165, 1.54) is 0 Å². The van der Waals surface area contributed by atoms with E-state index in [1.54, 1.807) is 22.5 Å². The summed E-state index contributed by atoms with van der Waals surface area (Å²) in [4.78, 5) is 0.257. The molecule has 0 spiro atoms. The molecule has 23 heavy (non-hydrogen) atoms. The van der Waals surface area contributed by atoms with Crippen molar-refractivity contribution in [3.05, 3.63) is 18.2 Å². The summed E-state index contributed by atoms with van der Waals surface area (Å²) in [6, 6.07) is 5.21. The van der Waals surface area contributed by atoms with Crippen LogP contribution in [0, 0.1) is 0 Å². The molecule has 1 saturated heterocycles. The lowest BCUT2D eigenvalue weighted by atomic mass is 10.1. The fourth-order valence-corrected chi connectivity index (χ4v) is 4.21. The van der Waals surface area contributed by atoms with Gasteiger partial charge in [0.2, 0.25) is 10.0 Å². The number of rotatable bonds is 7. The fraction of sp³-hybridized carbons (Fsp3) is 0.625. The molecular formula is C16H26N2O4S. The number of benzene rings is 1. The highest BCUT2D eigenvalue weighted by Gasteiger charge is 2.29. The van der Waals surface area contributed by atoms with Gasteiger partial charge in [-0.1, -0.05) is 0 Å². The van der Waals surface area contributed by atoms with E-state index in [0.717, 1.165) is 12.8 Å². The van der Waals surface area contributed by atoms with E-state index in [9.17, 15) is 8.42 Å². The zero-order valence-corrected chi connectivity index (χ0v) is 14.9. The smallest absolute Gasteiger partial charge is 0.243 e. The predicted molar refractivity (Wildman–Crippen MR) is 89.6 cm³/mol. The third kappa shape index (κ3) is 4.16. The fourth-order valence-electron chi connectivity index (χ4n) is 2.73. The van der Waals surface area contributed by atoms with Gasteiger partial charge in [0, 0.05) is 25.2 Å². The number of piperidine rings is 1. The molecule has 0 saturated carbocycles. The molecule has 7 heteroatoms. The van der Waals surface area contributed by atoms with Crippen molar-refractivity contribution in [3.8, 4) is 11.5 Å². The van der Waals surface area contributed by atoms with Crippen LogP contribution in [-0.4, -0.2) is 52.1 Å². The highest BCUT2D eigenvalue weighted by molar-refractivity contribution is 7.89. The molecular weight excluding hydrogens is 316 g/mol. The van der Waals surface area contributed by atoms with E-state index in [0.29, 0.717) is 43.8 Å². The molecule has 0 amide bonds. The third-order valence-corrected chi connectivity index (χ3v) is 5.91. The molecule has 1 N–H and O–H groups in total. The van der Waals surface area contributed by atoms with Crippen LogP contribution in [0.25, 0.3) is 0 Å². The van der Waals surface area contributed by atoms with Crippen molar-refractivity contribution in [3.63, 3.8) is 0 Å². The summed E-state index contributed by atoms with van der Waals surface area (Å²) in [5.74, 6) is 1.04. The third-order valence-electron chi connectivity index (χ3n) is 4.01. The number of nitrogens with one attached hydrogen (secondary N) is 1. The minimum absolute atomic E-state index is 0.257. The molecule has 0 aliphatic carbocycles. The van der Waals surface area contributed by atoms with Gasteiger partial charge in [0.25, 0.3) is 0 Å². The highest BCUT2D eigenvalue weighted by Crippen LogP contribution is 2.32. The quantitative estimate of drug-likeness (QED) is 0.819. The Labute approximate surface area is 138 Å². The van der Waals surface area contributed by atoms with E-state index in [1.807, 2.05) is 20.9 Å². The highest BCUT2D eigenvalue weighted by atomic mass is 32.2. The van der Waals surface area contributed by atoms with Crippen LogP contribution in [0.3, 0.4) is 0 Å². The first-order valence-electron chi connectivity index (χ1n) is 8.10. The van der Waals surface area contributed by atoms with Gasteiger partial charge >= 0.3 is 0 Å². The zero-order valence-electron chi connectivity index (χ0n) is 14.0. The summed E-state index contributed by atoms with van der Waals surface area (Å²) >= 11 is 0. The van der Waals surface area contributed by atoms with Crippen molar-refractivity contribution in [2.45, 2.75) is 37.6 Å². The number of sulfonamides is 1. The Kier molecular flexibility index (Phi) is 6.26. The monoisotopic (exact) mass is 342 g/mol. The van der Waals surface area contributed by atoms with Crippen LogP contribution in [-0.2, 0) is 10.0 Å². The van der Waals surface area contributed by atoms with E-state index in [-0.39, 0.29) is 4.90 Å². The van der Waals surface area contributed by atoms with Gasteiger partial charge in [-0.2, -0.15) is 4.31 Å². The van der Waals surface area contributed by atoms with E-state index in [4.69, 9.17) is 9.47 Å². The van der Waals surface area contributed by atoms with Crippen LogP contribution in [0.4, 0.5) is 0 Å². The van der Waals surface area contributed by atoms with E-state index in [2.05, 4.69) is 5.32 Å². The average Bonchev–Trinajstić information content (AvgIpc) is 2.57. The van der Waals surface area contributed by atoms with Crippen LogP contribution in [0.15, 0.2) is 23.1 Å². The predicted octanol–water partition coefficient (Wildman–Crippen LogP) is 1.86. The van der Waals surface area contributed by atoms with Gasteiger partial charge in [-0.3, -0.25) is 0 Å². The Morgan fingerprint density at radius 3 is 2.30 bits per heavy atom. The maximum atomic E-state index is 12.8. The van der Waals surface area contributed by atoms with Crippen molar-refractivity contribution in [2.75, 3.05) is 33.4 Å². The minimum Gasteiger partial charge on any atom is -0.490 e. The van der Waals surface area contributed by atoms with Gasteiger partial charge in [0.05, 0.1) is 18.1 Å². The summed E-state index contributed by atoms with van der Waals surface area (Å²) in [7, 11) is -1.58. The molecule has 0 atom stereocenters. The summed E-state index contributed by atoms with van der Waals surface area (Å²) in [6.45, 7) is 5.77. The Hall–Kier alpha value is -1.31. The lowest BCUT2D eigenvalue weighted by Gasteiger charge is -2.31. The standard InChI is InChI=1S/C16H26N2O4S/c1-4-21-15-7-6-14(12-16(15)22-5-2)23(19,20)18-10-8-13(17-3)9-11-18/h6-7,12-13,17H,4-5,8-11H2,1-3H3. The number of hydrogen-bond donors (Lipinski definition) is 1. The van der Waals surface area contributed by atoms with E-state index < -0.39 is 10.0 Å². The second-order valence-corrected chi connectivity index (χ2v) is 7.38. The molecule has 1 aliphatic heterocycles. The van der Waals surface area contributed by atoms with Crippen LogP contribution in [0.2, 0.25) is 0 Å². The maximum Gasteiger partial charge on any atom is 0.243 e. The first-order valence-corrected chi connectivity index (χ1v) is 9.54. The second-order valence-electron chi connectivity index (χ2n) is 5.44. The SMILES string of the molecule is CCOc1ccc(S(=O)(=O)N2CCC(NC)CC2)cc1OCC. The number of hydrogen-bond acceptors (Lipinski definition) is 5. The van der Waals surface area contributed by atoms with Gasteiger partial charge < -0.3 is 14.8 Å². The van der Waals surface area contributed by atoms with Crippen molar-refractivity contribution < 1.29 is 17.9 Å². The molecule has 0 radical (unpaired) electrons. The first kappa shape index (κ1) is 18.0. The average molecular weight is 342 g/mol. The largest absolute Gasteiger partial charge is 0.490 e. The Bertz CT molecular complexity index is 611. The van der Waals surface area contributed by atoms with Gasteiger partial charge in [0.15, 0.2) is 11.5 Å². The molecule has 1 aliphatic rings. The van der Waals surface area contributed by atoms with Crippen molar-refractivity contribution in [1.82, 2.24) is 9.62 Å². The Morgan fingerprint density at radius 2 is 1.74 bits per heavy atom. The van der Waals surface area contributed by atoms with Gasteiger partial charge in [-0.25, -0.2) is 8.42 Å². The summed E-state index contributed by atoms with van der Waals surface area (Å²) in [5, 5.41) is 3.20. The second kappa shape index (κ2) is 7.99. The lowest BCUT2D eigenvalue weighted by molar-refractivity contribution is 0.286. The van der Waals surface area contributed by atoms with Gasteiger partial charge in [0.1, 0.15) is 0 Å². The summed E-state index contributed by atoms with van der Waals surface area (Å²) in [5.41, 5.74) is 0. The van der Waals surface area contributed by atoms with Crippen molar-refractivity contribution in [2.24, 2.45) is 0 Å². The molecule has 0 bridgehead atoms. The molecule has 1 fully saturated rings. The van der Waals surface area contributed by atoms with Crippen molar-refractivity contribution in [1.29, 1.82) is 0 Å². The van der Waals surface area contributed by atoms with Gasteiger partial charge in [-0.05, 0) is 45.9 Å². The van der Waals surface area contributed by atoms with Crippen LogP contribution in [0.1, 0.15) is 26.7 Å². The van der Waals surface area contributed by atoms with Gasteiger partial charge in [-0.15, -0.1) is 0 Å². The molecule has 1 aromatic carbocycles. The lowest BCUT2D eigenvalue weighted by Crippen LogP contribution is -2.43. The normalized spacial score (nSPS) is 17.2. The molecule has 2 rings (SSSR count). The summed E-state index contributed by atoms with van der Waals surface area (Å²) < 4.78 is 38.2. The molecule has 6 nitrogen and oxygen atoms in total. The molecule has 1 aromatic rings. The topological polar surface area (TPSA) is 67.9 Å². The molecule has 130 valence electrons. The minimum atomic E-state index is -3.50. The number of nitrogens with zero attached hydrogens (tertiary/aromatic N) is 1. The summed E-state index contributed by atoms with van der Waals surface area (Å²) in [6.07, 6.45) is 1.65. The van der Waals surface area contributed by atoms with Crippen LogP contribution in [0.5, 0.6) is 11.5 Å². The zero-order chi connectivity index (χ0) is 16.9. The van der Waals surface area contributed by atoms with Crippen LogP contribution < -0.4 is 14.8 Å². The number of ether oxygens (including phenoxy) is 2. The van der Waals surface area contributed by atoms with Crippen LogP contribution >= 0.6 is 0 Å².